The first kappa shape index (κ1) is 11.1. The number of rotatable bonds is 2. The Bertz CT molecular complexity index is 436. The average molecular weight is 247 g/mol. The van der Waals surface area contributed by atoms with Gasteiger partial charge in [0, 0.05) is 13.1 Å². The number of β-amino-alcohol motifs (C(OH)–C–C–N with tert-alkyl or cyclic N) is 1. The van der Waals surface area contributed by atoms with Crippen LogP contribution in [-0.4, -0.2) is 36.5 Å². The molecule has 1 aliphatic heterocycles. The molecule has 1 unspecified atom stereocenters. The average Bonchev–Trinajstić information content (AvgIpc) is 2.72. The molecule has 0 amide bonds. The van der Waals surface area contributed by atoms with Gasteiger partial charge in [0.1, 0.15) is 4.21 Å². The molecular formula is C9H13NO3S2. The molecule has 15 heavy (non-hydrogen) atoms. The number of sulfonamides is 1. The number of thiophene rings is 1. The van der Waals surface area contributed by atoms with E-state index in [-0.39, 0.29) is 6.54 Å². The maximum Gasteiger partial charge on any atom is 0.252 e. The third-order valence-electron chi connectivity index (χ3n) is 2.51. The topological polar surface area (TPSA) is 57.6 Å². The van der Waals surface area contributed by atoms with E-state index >= 15 is 0 Å². The molecule has 1 aliphatic rings. The van der Waals surface area contributed by atoms with Gasteiger partial charge in [0.25, 0.3) is 10.0 Å². The molecule has 1 fully saturated rings. The minimum Gasteiger partial charge on any atom is -0.389 e. The fourth-order valence-electron chi connectivity index (χ4n) is 1.65. The third-order valence-corrected chi connectivity index (χ3v) is 5.72. The van der Waals surface area contributed by atoms with Crippen molar-refractivity contribution in [2.75, 3.05) is 13.1 Å². The summed E-state index contributed by atoms with van der Waals surface area (Å²) in [5.74, 6) is 0. The van der Waals surface area contributed by atoms with Crippen molar-refractivity contribution in [2.45, 2.75) is 23.2 Å². The number of nitrogens with zero attached hydrogens (tertiary/aromatic N) is 1. The molecule has 6 heteroatoms. The van der Waals surface area contributed by atoms with Gasteiger partial charge in [0.15, 0.2) is 0 Å². The van der Waals surface area contributed by atoms with Gasteiger partial charge in [-0.3, -0.25) is 0 Å². The van der Waals surface area contributed by atoms with Crippen LogP contribution in [0.4, 0.5) is 0 Å². The van der Waals surface area contributed by atoms with Crippen molar-refractivity contribution in [3.05, 3.63) is 17.5 Å². The molecule has 0 aromatic carbocycles. The summed E-state index contributed by atoms with van der Waals surface area (Å²) in [4.78, 5) is 0. The van der Waals surface area contributed by atoms with E-state index in [1.807, 2.05) is 0 Å². The van der Waals surface area contributed by atoms with Crippen LogP contribution < -0.4 is 0 Å². The lowest BCUT2D eigenvalue weighted by atomic mass is 10.1. The summed E-state index contributed by atoms with van der Waals surface area (Å²) in [6.07, 6.45) is 0.498. The Morgan fingerprint density at radius 3 is 2.80 bits per heavy atom. The van der Waals surface area contributed by atoms with E-state index in [2.05, 4.69) is 0 Å². The molecule has 1 N–H and O–H groups in total. The van der Waals surface area contributed by atoms with Crippen molar-refractivity contribution in [2.24, 2.45) is 0 Å². The second-order valence-corrected chi connectivity index (χ2v) is 7.13. The highest BCUT2D eigenvalue weighted by Gasteiger charge is 2.38. The van der Waals surface area contributed by atoms with E-state index in [0.717, 1.165) is 0 Å². The summed E-state index contributed by atoms with van der Waals surface area (Å²) in [7, 11) is -3.37. The van der Waals surface area contributed by atoms with Gasteiger partial charge in [-0.15, -0.1) is 11.3 Å². The normalized spacial score (nSPS) is 28.4. The van der Waals surface area contributed by atoms with E-state index in [1.54, 1.807) is 24.4 Å². The van der Waals surface area contributed by atoms with Crippen LogP contribution in [0, 0.1) is 0 Å². The van der Waals surface area contributed by atoms with E-state index in [0.29, 0.717) is 17.2 Å². The van der Waals surface area contributed by atoms with Crippen molar-refractivity contribution < 1.29 is 13.5 Å². The Balaban J connectivity index is 2.26. The maximum atomic E-state index is 12.0. The molecule has 0 aliphatic carbocycles. The van der Waals surface area contributed by atoms with E-state index in [1.165, 1.54) is 15.6 Å². The SMILES string of the molecule is CC1(O)CCN(S(=O)(=O)c2cccs2)C1. The summed E-state index contributed by atoms with van der Waals surface area (Å²) in [5, 5.41) is 11.5. The lowest BCUT2D eigenvalue weighted by molar-refractivity contribution is 0.0762. The van der Waals surface area contributed by atoms with E-state index < -0.39 is 15.6 Å². The Kier molecular flexibility index (Phi) is 2.62. The Morgan fingerprint density at radius 2 is 2.33 bits per heavy atom. The second kappa shape index (κ2) is 3.55. The predicted octanol–water partition coefficient (Wildman–Crippen LogP) is 0.894. The molecule has 1 aromatic heterocycles. The highest BCUT2D eigenvalue weighted by Crippen LogP contribution is 2.28. The molecule has 84 valence electrons. The molecule has 0 bridgehead atoms. The van der Waals surface area contributed by atoms with Gasteiger partial charge in [-0.2, -0.15) is 4.31 Å². The largest absolute Gasteiger partial charge is 0.389 e. The minimum absolute atomic E-state index is 0.188. The zero-order valence-electron chi connectivity index (χ0n) is 8.38. The fraction of sp³-hybridized carbons (Fsp3) is 0.556. The van der Waals surface area contributed by atoms with E-state index in [4.69, 9.17) is 0 Å². The van der Waals surface area contributed by atoms with Crippen molar-refractivity contribution in [1.82, 2.24) is 4.31 Å². The summed E-state index contributed by atoms with van der Waals surface area (Å²) in [6, 6.07) is 3.30. The van der Waals surface area contributed by atoms with Gasteiger partial charge in [-0.1, -0.05) is 6.07 Å². The van der Waals surface area contributed by atoms with Crippen LogP contribution in [0.5, 0.6) is 0 Å². The first-order valence-corrected chi connectivity index (χ1v) is 7.00. The highest BCUT2D eigenvalue weighted by molar-refractivity contribution is 7.91. The molecule has 0 radical (unpaired) electrons. The monoisotopic (exact) mass is 247 g/mol. The maximum absolute atomic E-state index is 12.0. The summed E-state index contributed by atoms with van der Waals surface area (Å²) in [6.45, 7) is 2.25. The molecule has 4 nitrogen and oxygen atoms in total. The predicted molar refractivity (Wildman–Crippen MR) is 58.3 cm³/mol. The molecule has 0 spiro atoms. The second-order valence-electron chi connectivity index (χ2n) is 4.02. The lowest BCUT2D eigenvalue weighted by Crippen LogP contribution is -2.33. The van der Waals surface area contributed by atoms with Crippen molar-refractivity contribution in [1.29, 1.82) is 0 Å². The standard InChI is InChI=1S/C9H13NO3S2/c1-9(11)4-5-10(7-9)15(12,13)8-3-2-6-14-8/h2-3,6,11H,4-5,7H2,1H3. The van der Waals surface area contributed by atoms with Crippen LogP contribution in [0.2, 0.25) is 0 Å². The quantitative estimate of drug-likeness (QED) is 0.844. The lowest BCUT2D eigenvalue weighted by Gasteiger charge is -2.17. The zero-order valence-corrected chi connectivity index (χ0v) is 10.0. The molecule has 2 rings (SSSR count). The van der Waals surface area contributed by atoms with Crippen LogP contribution in [0.15, 0.2) is 21.7 Å². The Morgan fingerprint density at radius 1 is 1.60 bits per heavy atom. The Hall–Kier alpha value is -0.430. The van der Waals surface area contributed by atoms with Gasteiger partial charge in [-0.25, -0.2) is 8.42 Å². The van der Waals surface area contributed by atoms with Gasteiger partial charge in [-0.05, 0) is 24.8 Å². The number of hydrogen-bond acceptors (Lipinski definition) is 4. The molecule has 0 saturated carbocycles. The van der Waals surface area contributed by atoms with Crippen molar-refractivity contribution in [3.63, 3.8) is 0 Å². The minimum atomic E-state index is -3.37. The smallest absolute Gasteiger partial charge is 0.252 e. The number of aliphatic hydroxyl groups is 1. The van der Waals surface area contributed by atoms with Crippen LogP contribution in [0.3, 0.4) is 0 Å². The van der Waals surface area contributed by atoms with Crippen molar-refractivity contribution >= 4 is 21.4 Å². The first-order chi connectivity index (χ1) is 6.92. The Labute approximate surface area is 93.2 Å². The van der Waals surface area contributed by atoms with Crippen molar-refractivity contribution in [3.8, 4) is 0 Å². The highest BCUT2D eigenvalue weighted by atomic mass is 32.2. The van der Waals surface area contributed by atoms with Crippen LogP contribution >= 0.6 is 11.3 Å². The number of hydrogen-bond donors (Lipinski definition) is 1. The van der Waals surface area contributed by atoms with Crippen LogP contribution in [0.25, 0.3) is 0 Å². The van der Waals surface area contributed by atoms with E-state index in [9.17, 15) is 13.5 Å². The molecule has 1 aromatic rings. The molecular weight excluding hydrogens is 234 g/mol. The molecule has 1 saturated heterocycles. The third kappa shape index (κ3) is 2.08. The van der Waals surface area contributed by atoms with Gasteiger partial charge in [0.2, 0.25) is 0 Å². The summed E-state index contributed by atoms with van der Waals surface area (Å²) < 4.78 is 25.7. The summed E-state index contributed by atoms with van der Waals surface area (Å²) in [5.41, 5.74) is -0.885. The molecule has 2 heterocycles. The van der Waals surface area contributed by atoms with Crippen LogP contribution in [-0.2, 0) is 10.0 Å². The first-order valence-electron chi connectivity index (χ1n) is 4.68. The van der Waals surface area contributed by atoms with Gasteiger partial charge < -0.3 is 5.11 Å². The fourth-order valence-corrected chi connectivity index (χ4v) is 4.35. The zero-order chi connectivity index (χ0) is 11.1. The summed E-state index contributed by atoms with van der Waals surface area (Å²) >= 11 is 1.21. The van der Waals surface area contributed by atoms with Gasteiger partial charge in [0.05, 0.1) is 5.60 Å². The van der Waals surface area contributed by atoms with Crippen LogP contribution in [0.1, 0.15) is 13.3 Å². The molecule has 1 atom stereocenters. The van der Waals surface area contributed by atoms with Gasteiger partial charge >= 0.3 is 0 Å².